The Bertz CT molecular complexity index is 494. The van der Waals surface area contributed by atoms with Gasteiger partial charge in [-0.1, -0.05) is 11.6 Å². The van der Waals surface area contributed by atoms with Crippen LogP contribution < -0.4 is 5.73 Å². The molecule has 0 aliphatic rings. The Labute approximate surface area is 95.7 Å². The van der Waals surface area contributed by atoms with Crippen molar-refractivity contribution in [3.63, 3.8) is 0 Å². The number of hydrogen-bond donors (Lipinski definition) is 1. The Morgan fingerprint density at radius 2 is 1.75 bits per heavy atom. The molecule has 0 radical (unpaired) electrons. The maximum absolute atomic E-state index is 13.5. The van der Waals surface area contributed by atoms with Gasteiger partial charge in [0.1, 0.15) is 17.5 Å². The third kappa shape index (κ3) is 1.97. The molecular formula is C11H7ClF2N2. The first-order chi connectivity index (χ1) is 7.58. The lowest BCUT2D eigenvalue weighted by molar-refractivity contribution is 0.615. The van der Waals surface area contributed by atoms with E-state index in [9.17, 15) is 8.78 Å². The minimum absolute atomic E-state index is 0.0515. The van der Waals surface area contributed by atoms with Crippen LogP contribution in [0.25, 0.3) is 11.1 Å². The number of nitrogens with two attached hydrogens (primary N) is 1. The van der Waals surface area contributed by atoms with E-state index in [0.29, 0.717) is 0 Å². The van der Waals surface area contributed by atoms with Gasteiger partial charge in [-0.2, -0.15) is 0 Å². The summed E-state index contributed by atoms with van der Waals surface area (Å²) >= 11 is 5.60. The molecule has 82 valence electrons. The lowest BCUT2D eigenvalue weighted by Crippen LogP contribution is -1.94. The zero-order valence-electron chi connectivity index (χ0n) is 8.05. The Morgan fingerprint density at radius 1 is 1.06 bits per heavy atom. The Kier molecular flexibility index (Phi) is 2.75. The van der Waals surface area contributed by atoms with E-state index in [1.807, 2.05) is 0 Å². The fourth-order valence-corrected chi connectivity index (χ4v) is 1.51. The third-order valence-electron chi connectivity index (χ3n) is 2.10. The summed E-state index contributed by atoms with van der Waals surface area (Å²) in [7, 11) is 0. The highest BCUT2D eigenvalue weighted by molar-refractivity contribution is 6.30. The predicted octanol–water partition coefficient (Wildman–Crippen LogP) is 3.26. The van der Waals surface area contributed by atoms with Gasteiger partial charge in [-0.15, -0.1) is 0 Å². The molecule has 0 spiro atoms. The number of aromatic nitrogens is 1. The predicted molar refractivity (Wildman–Crippen MR) is 59.0 cm³/mol. The number of hydrogen-bond acceptors (Lipinski definition) is 2. The molecule has 0 amide bonds. The molecule has 16 heavy (non-hydrogen) atoms. The molecule has 0 bridgehead atoms. The minimum atomic E-state index is -0.617. The van der Waals surface area contributed by atoms with Crippen molar-refractivity contribution in [2.75, 3.05) is 5.73 Å². The average Bonchev–Trinajstić information content (AvgIpc) is 2.19. The van der Waals surface area contributed by atoms with Gasteiger partial charge in [-0.05, 0) is 18.2 Å². The summed E-state index contributed by atoms with van der Waals surface area (Å²) in [5.41, 5.74) is 5.47. The molecule has 0 aliphatic carbocycles. The van der Waals surface area contributed by atoms with Crippen LogP contribution in [0.5, 0.6) is 0 Å². The molecule has 2 rings (SSSR count). The second-order valence-electron chi connectivity index (χ2n) is 3.21. The van der Waals surface area contributed by atoms with Crippen LogP contribution in [0, 0.1) is 11.6 Å². The van der Waals surface area contributed by atoms with E-state index in [0.717, 1.165) is 12.1 Å². The first-order valence-electron chi connectivity index (χ1n) is 4.44. The van der Waals surface area contributed by atoms with Gasteiger partial charge in [-0.25, -0.2) is 13.8 Å². The van der Waals surface area contributed by atoms with Crippen molar-refractivity contribution in [1.29, 1.82) is 0 Å². The molecule has 0 atom stereocenters. The molecule has 2 nitrogen and oxygen atoms in total. The second-order valence-corrected chi connectivity index (χ2v) is 3.65. The largest absolute Gasteiger partial charge is 0.384 e. The number of benzene rings is 1. The molecule has 5 heteroatoms. The van der Waals surface area contributed by atoms with E-state index in [1.165, 1.54) is 18.3 Å². The number of nitrogens with zero attached hydrogens (tertiary/aromatic N) is 1. The van der Waals surface area contributed by atoms with Crippen LogP contribution in [0.3, 0.4) is 0 Å². The van der Waals surface area contributed by atoms with Gasteiger partial charge in [0.05, 0.1) is 0 Å². The van der Waals surface area contributed by atoms with Gasteiger partial charge < -0.3 is 5.73 Å². The SMILES string of the molecule is Nc1cc(F)c(-c2ccc(Cl)cc2F)cn1. The zero-order chi connectivity index (χ0) is 11.7. The zero-order valence-corrected chi connectivity index (χ0v) is 8.80. The normalized spacial score (nSPS) is 10.4. The Morgan fingerprint density at radius 3 is 2.38 bits per heavy atom. The van der Waals surface area contributed by atoms with Gasteiger partial charge in [0, 0.05) is 28.4 Å². The van der Waals surface area contributed by atoms with E-state index < -0.39 is 11.6 Å². The van der Waals surface area contributed by atoms with Crippen molar-refractivity contribution >= 4 is 17.4 Å². The van der Waals surface area contributed by atoms with Crippen molar-refractivity contribution in [1.82, 2.24) is 4.98 Å². The molecule has 2 N–H and O–H groups in total. The van der Waals surface area contributed by atoms with Crippen molar-refractivity contribution in [3.8, 4) is 11.1 Å². The maximum Gasteiger partial charge on any atom is 0.136 e. The Hall–Kier alpha value is -1.68. The molecular weight excluding hydrogens is 234 g/mol. The molecule has 2 aromatic rings. The van der Waals surface area contributed by atoms with Gasteiger partial charge in [0.2, 0.25) is 0 Å². The van der Waals surface area contributed by atoms with Gasteiger partial charge in [0.15, 0.2) is 0 Å². The standard InChI is InChI=1S/C11H7ClF2N2/c12-6-1-2-7(9(13)3-6)8-5-16-11(15)4-10(8)14/h1-5H,(H2,15,16). The first kappa shape index (κ1) is 10.8. The van der Waals surface area contributed by atoms with Gasteiger partial charge in [-0.3, -0.25) is 0 Å². The molecule has 0 fully saturated rings. The van der Waals surface area contributed by atoms with Crippen molar-refractivity contribution < 1.29 is 8.78 Å². The lowest BCUT2D eigenvalue weighted by Gasteiger charge is -2.05. The number of halogens is 3. The van der Waals surface area contributed by atoms with E-state index >= 15 is 0 Å². The van der Waals surface area contributed by atoms with E-state index in [-0.39, 0.29) is 22.0 Å². The van der Waals surface area contributed by atoms with Crippen LogP contribution in [-0.2, 0) is 0 Å². The number of anilines is 1. The van der Waals surface area contributed by atoms with Crippen LogP contribution in [-0.4, -0.2) is 4.98 Å². The fourth-order valence-electron chi connectivity index (χ4n) is 1.35. The van der Waals surface area contributed by atoms with E-state index in [2.05, 4.69) is 4.98 Å². The fraction of sp³-hybridized carbons (Fsp3) is 0. The van der Waals surface area contributed by atoms with Crippen molar-refractivity contribution in [3.05, 3.63) is 47.1 Å². The van der Waals surface area contributed by atoms with E-state index in [4.69, 9.17) is 17.3 Å². The van der Waals surface area contributed by atoms with Crippen LogP contribution in [0.4, 0.5) is 14.6 Å². The van der Waals surface area contributed by atoms with Crippen molar-refractivity contribution in [2.45, 2.75) is 0 Å². The topological polar surface area (TPSA) is 38.9 Å². The summed E-state index contributed by atoms with van der Waals surface area (Å²) in [5, 5.41) is 0.255. The summed E-state index contributed by atoms with van der Waals surface area (Å²) in [6.07, 6.45) is 1.19. The summed E-state index contributed by atoms with van der Waals surface area (Å²) in [6.45, 7) is 0. The number of pyridine rings is 1. The minimum Gasteiger partial charge on any atom is -0.384 e. The van der Waals surface area contributed by atoms with Gasteiger partial charge >= 0.3 is 0 Å². The van der Waals surface area contributed by atoms with Crippen LogP contribution in [0.2, 0.25) is 5.02 Å². The lowest BCUT2D eigenvalue weighted by atomic mass is 10.1. The molecule has 1 heterocycles. The van der Waals surface area contributed by atoms with Crippen LogP contribution >= 0.6 is 11.6 Å². The monoisotopic (exact) mass is 240 g/mol. The highest BCUT2D eigenvalue weighted by Gasteiger charge is 2.11. The molecule has 0 saturated heterocycles. The van der Waals surface area contributed by atoms with E-state index in [1.54, 1.807) is 0 Å². The number of nitrogen functional groups attached to an aromatic ring is 1. The molecule has 0 aliphatic heterocycles. The average molecular weight is 241 g/mol. The maximum atomic E-state index is 13.5. The highest BCUT2D eigenvalue weighted by atomic mass is 35.5. The Balaban J connectivity index is 2.59. The molecule has 1 aromatic heterocycles. The molecule has 1 aromatic carbocycles. The van der Waals surface area contributed by atoms with Crippen LogP contribution in [0.1, 0.15) is 0 Å². The number of rotatable bonds is 1. The summed E-state index contributed by atoms with van der Waals surface area (Å²) < 4.78 is 27.0. The smallest absolute Gasteiger partial charge is 0.136 e. The molecule has 0 saturated carbocycles. The molecule has 0 unspecified atom stereocenters. The first-order valence-corrected chi connectivity index (χ1v) is 4.82. The summed E-state index contributed by atoms with van der Waals surface area (Å²) in [5.74, 6) is -1.16. The third-order valence-corrected chi connectivity index (χ3v) is 2.33. The summed E-state index contributed by atoms with van der Waals surface area (Å²) in [4.78, 5) is 3.72. The second kappa shape index (κ2) is 4.06. The van der Waals surface area contributed by atoms with Crippen LogP contribution in [0.15, 0.2) is 30.5 Å². The quantitative estimate of drug-likeness (QED) is 0.831. The van der Waals surface area contributed by atoms with Gasteiger partial charge in [0.25, 0.3) is 0 Å². The van der Waals surface area contributed by atoms with Crippen molar-refractivity contribution in [2.24, 2.45) is 0 Å². The summed E-state index contributed by atoms with van der Waals surface area (Å²) in [6, 6.07) is 5.04. The highest BCUT2D eigenvalue weighted by Crippen LogP contribution is 2.27.